The molecule has 2 aliphatic rings. The highest BCUT2D eigenvalue weighted by Gasteiger charge is 2.30. The van der Waals surface area contributed by atoms with E-state index >= 15 is 0 Å². The molecule has 2 N–H and O–H groups in total. The van der Waals surface area contributed by atoms with Crippen LogP contribution < -0.4 is 5.73 Å². The Balaban J connectivity index is 1.51. The van der Waals surface area contributed by atoms with Crippen LogP contribution in [0.15, 0.2) is 18.5 Å². The van der Waals surface area contributed by atoms with Crippen molar-refractivity contribution in [3.05, 3.63) is 18.5 Å². The van der Waals surface area contributed by atoms with Crippen LogP contribution in [0.2, 0.25) is 0 Å². The summed E-state index contributed by atoms with van der Waals surface area (Å²) in [6, 6.07) is 2.10. The van der Waals surface area contributed by atoms with Gasteiger partial charge in [-0.2, -0.15) is 5.10 Å². The molecule has 0 radical (unpaired) electrons. The fourth-order valence-electron chi connectivity index (χ4n) is 3.35. The van der Waals surface area contributed by atoms with Gasteiger partial charge in [0.2, 0.25) is 5.91 Å². The Kier molecular flexibility index (Phi) is 4.55. The van der Waals surface area contributed by atoms with E-state index in [1.165, 1.54) is 0 Å². The lowest BCUT2D eigenvalue weighted by Gasteiger charge is -2.33. The van der Waals surface area contributed by atoms with Crippen LogP contribution in [0.3, 0.4) is 0 Å². The van der Waals surface area contributed by atoms with Crippen LogP contribution in [0.25, 0.3) is 0 Å². The molecule has 2 heterocycles. The molecule has 0 spiro atoms. The van der Waals surface area contributed by atoms with Crippen molar-refractivity contribution >= 4 is 5.91 Å². The minimum absolute atomic E-state index is 0.0276. The number of hydrogen-bond donors (Lipinski definition) is 1. The Hall–Kier alpha value is -1.40. The molecule has 6 nitrogen and oxygen atoms in total. The smallest absolute Gasteiger partial charge is 0.223 e. The highest BCUT2D eigenvalue weighted by molar-refractivity contribution is 5.76. The van der Waals surface area contributed by atoms with Gasteiger partial charge >= 0.3 is 0 Å². The zero-order valence-electron chi connectivity index (χ0n) is 12.4. The van der Waals surface area contributed by atoms with Gasteiger partial charge in [0, 0.05) is 37.9 Å². The van der Waals surface area contributed by atoms with Gasteiger partial charge < -0.3 is 15.4 Å². The van der Waals surface area contributed by atoms with Crippen molar-refractivity contribution in [2.45, 2.75) is 44.4 Å². The lowest BCUT2D eigenvalue weighted by Crippen LogP contribution is -2.47. The van der Waals surface area contributed by atoms with E-state index in [4.69, 9.17) is 10.5 Å². The van der Waals surface area contributed by atoms with E-state index in [1.54, 1.807) is 6.20 Å². The predicted molar refractivity (Wildman–Crippen MR) is 78.5 cm³/mol. The first-order valence-corrected chi connectivity index (χ1v) is 7.85. The fourth-order valence-corrected chi connectivity index (χ4v) is 3.35. The third-order valence-electron chi connectivity index (χ3n) is 4.60. The summed E-state index contributed by atoms with van der Waals surface area (Å²) in [6.07, 6.45) is 7.60. The van der Waals surface area contributed by atoms with Gasteiger partial charge in [0.25, 0.3) is 0 Å². The molecule has 3 atom stereocenters. The summed E-state index contributed by atoms with van der Waals surface area (Å²) in [6.45, 7) is 2.64. The molecule has 116 valence electrons. The molecule has 1 aliphatic carbocycles. The van der Waals surface area contributed by atoms with E-state index in [9.17, 15) is 4.79 Å². The number of carbonyl (C=O) groups excluding carboxylic acids is 1. The average Bonchev–Trinajstić information content (AvgIpc) is 3.12. The predicted octanol–water partition coefficient (Wildman–Crippen LogP) is 0.628. The Morgan fingerprint density at radius 1 is 1.43 bits per heavy atom. The molecular weight excluding hydrogens is 268 g/mol. The standard InChI is InChI=1S/C15H24N4O2/c16-14-4-1-3-12(14)9-15(20)18-7-8-21-13(10-18)11-19-6-2-5-17-19/h2,5-6,12-14H,1,3-4,7-11,16H2/t12-,13?,14+/m0/s1. The summed E-state index contributed by atoms with van der Waals surface area (Å²) < 4.78 is 7.60. The summed E-state index contributed by atoms with van der Waals surface area (Å²) in [5, 5.41) is 4.19. The Morgan fingerprint density at radius 2 is 2.33 bits per heavy atom. The highest BCUT2D eigenvalue weighted by atomic mass is 16.5. The summed E-state index contributed by atoms with van der Waals surface area (Å²) in [7, 11) is 0. The topological polar surface area (TPSA) is 73.4 Å². The van der Waals surface area contributed by atoms with Gasteiger partial charge in [-0.05, 0) is 24.8 Å². The van der Waals surface area contributed by atoms with Crippen molar-refractivity contribution in [2.75, 3.05) is 19.7 Å². The first-order valence-electron chi connectivity index (χ1n) is 7.85. The van der Waals surface area contributed by atoms with Crippen LogP contribution in [0, 0.1) is 5.92 Å². The summed E-state index contributed by atoms with van der Waals surface area (Å²) in [5.41, 5.74) is 6.07. The van der Waals surface area contributed by atoms with E-state index in [0.29, 0.717) is 38.6 Å². The van der Waals surface area contributed by atoms with Gasteiger partial charge in [-0.1, -0.05) is 6.42 Å². The highest BCUT2D eigenvalue weighted by Crippen LogP contribution is 2.27. The molecule has 6 heteroatoms. The van der Waals surface area contributed by atoms with Crippen molar-refractivity contribution in [2.24, 2.45) is 11.7 Å². The zero-order valence-corrected chi connectivity index (χ0v) is 12.4. The molecule has 1 amide bonds. The van der Waals surface area contributed by atoms with Crippen LogP contribution >= 0.6 is 0 Å². The largest absolute Gasteiger partial charge is 0.373 e. The van der Waals surface area contributed by atoms with Crippen LogP contribution in [0.5, 0.6) is 0 Å². The molecule has 1 saturated carbocycles. The summed E-state index contributed by atoms with van der Waals surface area (Å²) >= 11 is 0. The lowest BCUT2D eigenvalue weighted by molar-refractivity contribution is -0.140. The normalized spacial score (nSPS) is 29.8. The first-order chi connectivity index (χ1) is 10.2. The van der Waals surface area contributed by atoms with Gasteiger partial charge in [-0.3, -0.25) is 9.48 Å². The number of nitrogens with zero attached hydrogens (tertiary/aromatic N) is 3. The van der Waals surface area contributed by atoms with Crippen molar-refractivity contribution < 1.29 is 9.53 Å². The lowest BCUT2D eigenvalue weighted by atomic mass is 9.99. The fraction of sp³-hybridized carbons (Fsp3) is 0.733. The third-order valence-corrected chi connectivity index (χ3v) is 4.60. The molecule has 1 saturated heterocycles. The van der Waals surface area contributed by atoms with E-state index in [2.05, 4.69) is 5.10 Å². The molecule has 1 aliphatic heterocycles. The van der Waals surface area contributed by atoms with E-state index in [1.807, 2.05) is 21.8 Å². The maximum Gasteiger partial charge on any atom is 0.223 e. The number of rotatable bonds is 4. The Bertz CT molecular complexity index is 462. The van der Waals surface area contributed by atoms with Gasteiger partial charge in [0.1, 0.15) is 0 Å². The number of morpholine rings is 1. The molecule has 1 unspecified atom stereocenters. The van der Waals surface area contributed by atoms with Gasteiger partial charge in [0.05, 0.1) is 19.3 Å². The average molecular weight is 292 g/mol. The van der Waals surface area contributed by atoms with Crippen molar-refractivity contribution in [1.82, 2.24) is 14.7 Å². The SMILES string of the molecule is N[C@@H]1CCC[C@H]1CC(=O)N1CCOC(Cn2cccn2)C1. The van der Waals surface area contributed by atoms with E-state index in [0.717, 1.165) is 19.3 Å². The maximum absolute atomic E-state index is 12.4. The third kappa shape index (κ3) is 3.63. The van der Waals surface area contributed by atoms with Gasteiger partial charge in [-0.15, -0.1) is 0 Å². The van der Waals surface area contributed by atoms with Crippen molar-refractivity contribution in [3.63, 3.8) is 0 Å². The van der Waals surface area contributed by atoms with Gasteiger partial charge in [-0.25, -0.2) is 0 Å². The number of carbonyl (C=O) groups is 1. The molecule has 21 heavy (non-hydrogen) atoms. The monoisotopic (exact) mass is 292 g/mol. The second-order valence-corrected chi connectivity index (χ2v) is 6.12. The first kappa shape index (κ1) is 14.5. The molecule has 3 rings (SSSR count). The van der Waals surface area contributed by atoms with Crippen molar-refractivity contribution in [1.29, 1.82) is 0 Å². The Morgan fingerprint density at radius 3 is 3.05 bits per heavy atom. The molecule has 2 fully saturated rings. The van der Waals surface area contributed by atoms with Crippen LogP contribution in [0.4, 0.5) is 0 Å². The molecular formula is C15H24N4O2. The number of ether oxygens (including phenoxy) is 1. The number of amides is 1. The molecule has 0 bridgehead atoms. The maximum atomic E-state index is 12.4. The molecule has 1 aromatic rings. The second kappa shape index (κ2) is 6.58. The van der Waals surface area contributed by atoms with Crippen molar-refractivity contribution in [3.8, 4) is 0 Å². The summed E-state index contributed by atoms with van der Waals surface area (Å²) in [5.74, 6) is 0.594. The minimum atomic E-state index is 0.0276. The van der Waals surface area contributed by atoms with Crippen LogP contribution in [0.1, 0.15) is 25.7 Å². The molecule has 0 aromatic carbocycles. The van der Waals surface area contributed by atoms with Crippen LogP contribution in [-0.2, 0) is 16.1 Å². The number of aromatic nitrogens is 2. The van der Waals surface area contributed by atoms with E-state index in [-0.39, 0.29) is 18.1 Å². The van der Waals surface area contributed by atoms with Gasteiger partial charge in [0.15, 0.2) is 0 Å². The number of hydrogen-bond acceptors (Lipinski definition) is 4. The number of nitrogens with two attached hydrogens (primary N) is 1. The summed E-state index contributed by atoms with van der Waals surface area (Å²) in [4.78, 5) is 14.4. The quantitative estimate of drug-likeness (QED) is 0.883. The minimum Gasteiger partial charge on any atom is -0.373 e. The second-order valence-electron chi connectivity index (χ2n) is 6.12. The van der Waals surface area contributed by atoms with Crippen LogP contribution in [-0.4, -0.2) is 52.4 Å². The van der Waals surface area contributed by atoms with E-state index < -0.39 is 0 Å². The Labute approximate surface area is 125 Å². The molecule has 1 aromatic heterocycles. The zero-order chi connectivity index (χ0) is 14.7.